The second-order valence-corrected chi connectivity index (χ2v) is 7.63. The lowest BCUT2D eigenvalue weighted by molar-refractivity contribution is 0.0137. The molecule has 6 nitrogen and oxygen atoms in total. The summed E-state index contributed by atoms with van der Waals surface area (Å²) in [6, 6.07) is 10.5. The smallest absolute Gasteiger partial charge is 0.410 e. The van der Waals surface area contributed by atoms with Crippen molar-refractivity contribution in [2.75, 3.05) is 32.7 Å². The Morgan fingerprint density at radius 2 is 2.04 bits per heavy atom. The van der Waals surface area contributed by atoms with Crippen LogP contribution in [-0.2, 0) is 4.74 Å². The van der Waals surface area contributed by atoms with Gasteiger partial charge in [-0.1, -0.05) is 42.5 Å². The van der Waals surface area contributed by atoms with Gasteiger partial charge < -0.3 is 19.9 Å². The molecule has 7 heteroatoms. The summed E-state index contributed by atoms with van der Waals surface area (Å²) < 4.78 is 5.48. The highest BCUT2D eigenvalue weighted by atomic mass is 127. The van der Waals surface area contributed by atoms with E-state index in [1.165, 1.54) is 5.56 Å². The topological polar surface area (TPSA) is 57.2 Å². The van der Waals surface area contributed by atoms with Crippen LogP contribution >= 0.6 is 24.0 Å². The zero-order chi connectivity index (χ0) is 18.6. The summed E-state index contributed by atoms with van der Waals surface area (Å²) in [6.45, 7) is 9.21. The van der Waals surface area contributed by atoms with E-state index in [4.69, 9.17) is 4.74 Å². The molecular weight excluding hydrogens is 455 g/mol. The van der Waals surface area contributed by atoms with E-state index in [1.807, 2.05) is 39.0 Å². The molecule has 1 N–H and O–H groups in total. The van der Waals surface area contributed by atoms with E-state index >= 15 is 0 Å². The number of carbonyl (C=O) groups excluding carboxylic acids is 1. The summed E-state index contributed by atoms with van der Waals surface area (Å²) in [5.74, 6) is 0.927. The second kappa shape index (κ2) is 9.43. The lowest BCUT2D eigenvalue weighted by atomic mass is 10.2. The first kappa shape index (κ1) is 21.5. The summed E-state index contributed by atoms with van der Waals surface area (Å²) in [5.41, 5.74) is 0.726. The number of guanidine groups is 1. The van der Waals surface area contributed by atoms with Gasteiger partial charge in [-0.2, -0.15) is 0 Å². The molecule has 0 spiro atoms. The van der Waals surface area contributed by atoms with Crippen LogP contribution in [0.2, 0.25) is 0 Å². The number of benzene rings is 1. The molecule has 148 valence electrons. The van der Waals surface area contributed by atoms with Crippen molar-refractivity contribution in [3.8, 4) is 0 Å². The Morgan fingerprint density at radius 1 is 1.30 bits per heavy atom. The Labute approximate surface area is 178 Å². The summed E-state index contributed by atoms with van der Waals surface area (Å²) in [4.78, 5) is 20.9. The van der Waals surface area contributed by atoms with Crippen LogP contribution in [0.15, 0.2) is 41.4 Å². The van der Waals surface area contributed by atoms with Gasteiger partial charge in [0.15, 0.2) is 5.96 Å². The molecule has 0 aromatic heterocycles. The van der Waals surface area contributed by atoms with Crippen molar-refractivity contribution in [1.82, 2.24) is 15.1 Å². The number of piperazine rings is 1. The van der Waals surface area contributed by atoms with E-state index in [2.05, 4.69) is 39.5 Å². The van der Waals surface area contributed by atoms with E-state index in [1.54, 1.807) is 4.90 Å². The Hall–Kier alpha value is -1.77. The number of hydrogen-bond donors (Lipinski definition) is 1. The maximum atomic E-state index is 12.3. The van der Waals surface area contributed by atoms with Gasteiger partial charge in [0, 0.05) is 26.2 Å². The van der Waals surface area contributed by atoms with Gasteiger partial charge in [-0.25, -0.2) is 4.79 Å². The normalized spacial score (nSPS) is 19.4. The third kappa shape index (κ3) is 6.12. The summed E-state index contributed by atoms with van der Waals surface area (Å²) in [6.07, 6.45) is 3.96. The molecule has 0 bridgehead atoms. The van der Waals surface area contributed by atoms with Crippen molar-refractivity contribution in [3.63, 3.8) is 0 Å². The Morgan fingerprint density at radius 3 is 2.74 bits per heavy atom. The number of amides is 1. The largest absolute Gasteiger partial charge is 0.444 e. The van der Waals surface area contributed by atoms with Gasteiger partial charge in [0.2, 0.25) is 0 Å². The molecule has 0 aliphatic carbocycles. The molecule has 1 fully saturated rings. The highest BCUT2D eigenvalue weighted by Gasteiger charge is 2.36. The molecule has 27 heavy (non-hydrogen) atoms. The van der Waals surface area contributed by atoms with E-state index in [0.717, 1.165) is 19.0 Å². The van der Waals surface area contributed by atoms with Crippen LogP contribution in [0.3, 0.4) is 0 Å². The van der Waals surface area contributed by atoms with Gasteiger partial charge in [0.1, 0.15) is 5.60 Å². The van der Waals surface area contributed by atoms with Crippen LogP contribution in [0.25, 0.3) is 6.08 Å². The van der Waals surface area contributed by atoms with Crippen molar-refractivity contribution >= 4 is 42.1 Å². The van der Waals surface area contributed by atoms with Crippen molar-refractivity contribution in [2.24, 2.45) is 4.99 Å². The average molecular weight is 484 g/mol. The van der Waals surface area contributed by atoms with Gasteiger partial charge in [-0.3, -0.25) is 4.99 Å². The lowest BCUT2D eigenvalue weighted by Gasteiger charge is -2.39. The standard InChI is InChI=1S/C20H28N4O2.HI/c1-20(2,3)26-19(25)23-12-13-24-17(15-23)14-22-18(24)21-11-7-10-16-8-5-4-6-9-16;/h4-10,17H,11-15H2,1-3H3,(H,21,22);1H. The van der Waals surface area contributed by atoms with E-state index in [9.17, 15) is 4.79 Å². The van der Waals surface area contributed by atoms with Crippen LogP contribution in [0.5, 0.6) is 0 Å². The zero-order valence-corrected chi connectivity index (χ0v) is 18.6. The number of ether oxygens (including phenoxy) is 1. The van der Waals surface area contributed by atoms with Gasteiger partial charge in [-0.05, 0) is 26.3 Å². The number of nitrogens with zero attached hydrogens (tertiary/aromatic N) is 3. The fraction of sp³-hybridized carbons (Fsp3) is 0.500. The number of hydrogen-bond acceptors (Lipinski definition) is 5. The molecule has 1 saturated heterocycles. The van der Waals surface area contributed by atoms with Gasteiger partial charge >= 0.3 is 6.09 Å². The Bertz CT molecular complexity index is 685. The fourth-order valence-corrected chi connectivity index (χ4v) is 3.13. The molecule has 3 rings (SSSR count). The molecule has 1 aromatic rings. The predicted octanol–water partition coefficient (Wildman–Crippen LogP) is 3.20. The molecule has 1 atom stereocenters. The molecule has 0 radical (unpaired) electrons. The predicted molar refractivity (Wildman–Crippen MR) is 119 cm³/mol. The van der Waals surface area contributed by atoms with Crippen LogP contribution in [-0.4, -0.2) is 66.2 Å². The molecule has 1 aromatic carbocycles. The van der Waals surface area contributed by atoms with Crippen LogP contribution in [0, 0.1) is 0 Å². The third-order valence-corrected chi connectivity index (χ3v) is 4.35. The number of aliphatic imine (C=N–C) groups is 1. The number of rotatable bonds is 3. The molecular formula is C20H29IN4O2. The first-order valence-corrected chi connectivity index (χ1v) is 9.17. The minimum Gasteiger partial charge on any atom is -0.444 e. The lowest BCUT2D eigenvalue weighted by Crippen LogP contribution is -2.57. The van der Waals surface area contributed by atoms with Crippen molar-refractivity contribution in [2.45, 2.75) is 32.4 Å². The van der Waals surface area contributed by atoms with E-state index < -0.39 is 5.60 Å². The van der Waals surface area contributed by atoms with Gasteiger partial charge in [0.05, 0.1) is 12.6 Å². The quantitative estimate of drug-likeness (QED) is 0.670. The van der Waals surface area contributed by atoms with E-state index in [0.29, 0.717) is 19.6 Å². The molecule has 2 heterocycles. The molecule has 2 aliphatic heterocycles. The zero-order valence-electron chi connectivity index (χ0n) is 16.2. The monoisotopic (exact) mass is 484 g/mol. The number of carbonyl (C=O) groups is 1. The van der Waals surface area contributed by atoms with Gasteiger partial charge in [0.25, 0.3) is 0 Å². The van der Waals surface area contributed by atoms with Crippen LogP contribution in [0.1, 0.15) is 26.3 Å². The number of halogens is 1. The summed E-state index contributed by atoms with van der Waals surface area (Å²) in [7, 11) is 0. The minimum atomic E-state index is -0.460. The van der Waals surface area contributed by atoms with Gasteiger partial charge in [-0.15, -0.1) is 24.0 Å². The van der Waals surface area contributed by atoms with Crippen molar-refractivity contribution < 1.29 is 9.53 Å². The summed E-state index contributed by atoms with van der Waals surface area (Å²) in [5, 5.41) is 3.39. The average Bonchev–Trinajstić information content (AvgIpc) is 3.00. The first-order chi connectivity index (χ1) is 12.4. The van der Waals surface area contributed by atoms with E-state index in [-0.39, 0.29) is 36.1 Å². The number of nitrogens with one attached hydrogen (secondary N) is 1. The first-order valence-electron chi connectivity index (χ1n) is 9.17. The Kier molecular flexibility index (Phi) is 7.52. The molecule has 1 unspecified atom stereocenters. The molecule has 2 aliphatic rings. The summed E-state index contributed by atoms with van der Waals surface area (Å²) >= 11 is 0. The van der Waals surface area contributed by atoms with Crippen molar-refractivity contribution in [1.29, 1.82) is 0 Å². The molecule has 0 saturated carbocycles. The highest BCUT2D eigenvalue weighted by molar-refractivity contribution is 14.0. The van der Waals surface area contributed by atoms with Crippen LogP contribution in [0.4, 0.5) is 4.79 Å². The Balaban J connectivity index is 0.00000261. The maximum absolute atomic E-state index is 12.3. The maximum Gasteiger partial charge on any atom is 0.410 e. The number of fused-ring (bicyclic) bond motifs is 1. The van der Waals surface area contributed by atoms with Crippen molar-refractivity contribution in [3.05, 3.63) is 42.0 Å². The fourth-order valence-electron chi connectivity index (χ4n) is 3.13. The highest BCUT2D eigenvalue weighted by Crippen LogP contribution is 2.18. The second-order valence-electron chi connectivity index (χ2n) is 7.63. The SMILES string of the molecule is CC(C)(C)OC(=O)N1CCN2C(NCC=Cc3ccccc3)=NCC2C1.I. The van der Waals surface area contributed by atoms with Crippen LogP contribution < -0.4 is 5.32 Å². The molecule has 1 amide bonds. The third-order valence-electron chi connectivity index (χ3n) is 4.35. The minimum absolute atomic E-state index is 0.